The third-order valence-corrected chi connectivity index (χ3v) is 4.28. The van der Waals surface area contributed by atoms with Crippen LogP contribution >= 0.6 is 11.6 Å². The van der Waals surface area contributed by atoms with Crippen LogP contribution in [-0.4, -0.2) is 54.0 Å². The van der Waals surface area contributed by atoms with Crippen molar-refractivity contribution in [2.75, 3.05) is 33.2 Å². The highest BCUT2D eigenvalue weighted by molar-refractivity contribution is 6.34. The summed E-state index contributed by atoms with van der Waals surface area (Å²) in [5, 5.41) is 4.03. The molecule has 3 rings (SSSR count). The van der Waals surface area contributed by atoms with Gasteiger partial charge in [-0.05, 0) is 19.2 Å². The molecule has 0 spiro atoms. The van der Waals surface area contributed by atoms with Gasteiger partial charge in [-0.15, -0.1) is 4.68 Å². The number of fused-ring (bicyclic) bond motifs is 1. The van der Waals surface area contributed by atoms with Crippen molar-refractivity contribution in [2.45, 2.75) is 6.54 Å². The highest BCUT2D eigenvalue weighted by atomic mass is 35.5. The van der Waals surface area contributed by atoms with Crippen LogP contribution in [-0.2, 0) is 11.3 Å². The first-order valence-electron chi connectivity index (χ1n) is 7.22. The maximum atomic E-state index is 12.3. The van der Waals surface area contributed by atoms with Gasteiger partial charge in [0.1, 0.15) is 5.52 Å². The van der Waals surface area contributed by atoms with Crippen LogP contribution < -0.4 is 10.1 Å². The van der Waals surface area contributed by atoms with Gasteiger partial charge in [-0.1, -0.05) is 17.7 Å². The van der Waals surface area contributed by atoms with Crippen molar-refractivity contribution in [3.63, 3.8) is 0 Å². The van der Waals surface area contributed by atoms with Gasteiger partial charge in [0.2, 0.25) is 12.7 Å². The summed E-state index contributed by atoms with van der Waals surface area (Å²) in [5.74, 6) is 0.000142. The van der Waals surface area contributed by atoms with Crippen LogP contribution in [0.5, 0.6) is 0 Å². The molecule has 1 fully saturated rings. The number of halogens is 1. The number of rotatable bonds is 2. The minimum absolute atomic E-state index is 0.000142. The first kappa shape index (κ1) is 15.0. The normalized spacial score (nSPS) is 16.2. The van der Waals surface area contributed by atoms with E-state index in [1.54, 1.807) is 18.2 Å². The Bertz CT molecular complexity index is 766. The van der Waals surface area contributed by atoms with Crippen molar-refractivity contribution < 1.29 is 9.48 Å². The summed E-state index contributed by atoms with van der Waals surface area (Å²) in [4.78, 5) is 28.5. The van der Waals surface area contributed by atoms with Crippen molar-refractivity contribution >= 4 is 28.4 Å². The number of H-pyrrole nitrogens is 1. The number of amides is 1. The van der Waals surface area contributed by atoms with E-state index in [0.29, 0.717) is 29.0 Å². The average molecular weight is 322 g/mol. The van der Waals surface area contributed by atoms with Gasteiger partial charge in [0, 0.05) is 26.2 Å². The Kier molecular flexibility index (Phi) is 4.13. The maximum Gasteiger partial charge on any atom is 0.291 e. The van der Waals surface area contributed by atoms with E-state index in [9.17, 15) is 9.59 Å². The van der Waals surface area contributed by atoms with Crippen molar-refractivity contribution in [1.29, 1.82) is 0 Å². The molecule has 1 amide bonds. The highest BCUT2D eigenvalue weighted by Crippen LogP contribution is 2.16. The molecule has 0 saturated carbocycles. The number of aromatic amines is 1. The molecule has 1 saturated heterocycles. The number of carbonyl (C=O) groups is 1. The molecule has 6 nitrogen and oxygen atoms in total. The van der Waals surface area contributed by atoms with Gasteiger partial charge in [-0.3, -0.25) is 9.59 Å². The summed E-state index contributed by atoms with van der Waals surface area (Å²) in [6.45, 7) is 3.29. The molecule has 0 aliphatic carbocycles. The predicted molar refractivity (Wildman–Crippen MR) is 83.9 cm³/mol. The largest absolute Gasteiger partial charge is 0.335 e. The molecule has 1 aliphatic rings. The molecule has 2 aromatic rings. The Morgan fingerprint density at radius 3 is 2.77 bits per heavy atom. The number of carbonyl (C=O) groups excluding carboxylic acids is 1. The smallest absolute Gasteiger partial charge is 0.291 e. The second kappa shape index (κ2) is 6.06. The monoisotopic (exact) mass is 321 g/mol. The van der Waals surface area contributed by atoms with E-state index in [-0.39, 0.29) is 17.9 Å². The fourth-order valence-electron chi connectivity index (χ4n) is 2.62. The first-order valence-corrected chi connectivity index (χ1v) is 7.60. The number of aromatic nitrogens is 2. The fraction of sp³-hybridized carbons (Fsp3) is 0.400. The van der Waals surface area contributed by atoms with Gasteiger partial charge in [-0.2, -0.15) is 5.10 Å². The molecule has 0 bridgehead atoms. The summed E-state index contributed by atoms with van der Waals surface area (Å²) >= 11 is 6.12. The Labute approximate surface area is 132 Å². The van der Waals surface area contributed by atoms with E-state index in [1.807, 2.05) is 11.9 Å². The minimum Gasteiger partial charge on any atom is -0.335 e. The van der Waals surface area contributed by atoms with Crippen LogP contribution in [0, 0.1) is 0 Å². The summed E-state index contributed by atoms with van der Waals surface area (Å²) < 4.78 is 1.51. The molecule has 7 heteroatoms. The summed E-state index contributed by atoms with van der Waals surface area (Å²) in [7, 11) is 2.04. The minimum atomic E-state index is -0.151. The van der Waals surface area contributed by atoms with Crippen molar-refractivity contribution in [3.8, 4) is 0 Å². The number of para-hydroxylation sites is 1. The molecule has 22 heavy (non-hydrogen) atoms. The SMILES string of the molecule is CN1CCN(C(=O)C[n+]2cc(=O)c3cccc(Cl)c3[nH]2)CC1. The van der Waals surface area contributed by atoms with Crippen LogP contribution in [0.2, 0.25) is 5.02 Å². The summed E-state index contributed by atoms with van der Waals surface area (Å²) in [6, 6.07) is 5.17. The van der Waals surface area contributed by atoms with Gasteiger partial charge < -0.3 is 9.80 Å². The average Bonchev–Trinajstić information content (AvgIpc) is 2.49. The van der Waals surface area contributed by atoms with Crippen LogP contribution in [0.4, 0.5) is 0 Å². The number of hydrogen-bond donors (Lipinski definition) is 1. The van der Waals surface area contributed by atoms with E-state index in [4.69, 9.17) is 11.6 Å². The van der Waals surface area contributed by atoms with Crippen LogP contribution in [0.15, 0.2) is 29.2 Å². The van der Waals surface area contributed by atoms with Gasteiger partial charge in [-0.25, -0.2) is 0 Å². The lowest BCUT2D eigenvalue weighted by molar-refractivity contribution is -0.741. The molecule has 116 valence electrons. The highest BCUT2D eigenvalue weighted by Gasteiger charge is 2.23. The quantitative estimate of drug-likeness (QED) is 0.806. The van der Waals surface area contributed by atoms with Gasteiger partial charge in [0.05, 0.1) is 10.4 Å². The molecule has 1 aromatic carbocycles. The number of hydrogen-bond acceptors (Lipinski definition) is 3. The van der Waals surface area contributed by atoms with Gasteiger partial charge in [0.25, 0.3) is 11.3 Å². The zero-order chi connectivity index (χ0) is 15.7. The van der Waals surface area contributed by atoms with E-state index in [2.05, 4.69) is 10.00 Å². The molecule has 1 N–H and O–H groups in total. The lowest BCUT2D eigenvalue weighted by Crippen LogP contribution is -2.53. The van der Waals surface area contributed by atoms with E-state index in [1.165, 1.54) is 10.9 Å². The van der Waals surface area contributed by atoms with Crippen molar-refractivity contribution in [3.05, 3.63) is 39.6 Å². The molecule has 0 atom stereocenters. The predicted octanol–water partition coefficient (Wildman–Crippen LogP) is 0.243. The lowest BCUT2D eigenvalue weighted by Gasteiger charge is -2.31. The fourth-order valence-corrected chi connectivity index (χ4v) is 2.83. The number of benzene rings is 1. The third kappa shape index (κ3) is 2.98. The van der Waals surface area contributed by atoms with Gasteiger partial charge >= 0.3 is 0 Å². The van der Waals surface area contributed by atoms with Crippen molar-refractivity contribution in [1.82, 2.24) is 14.9 Å². The van der Waals surface area contributed by atoms with Gasteiger partial charge in [0.15, 0.2) is 0 Å². The second-order valence-corrected chi connectivity index (χ2v) is 5.99. The summed E-state index contributed by atoms with van der Waals surface area (Å²) in [5.41, 5.74) is 0.408. The molecule has 2 heterocycles. The Hall–Kier alpha value is -1.92. The molecule has 0 radical (unpaired) electrons. The van der Waals surface area contributed by atoms with Crippen LogP contribution in [0.25, 0.3) is 10.9 Å². The number of piperazine rings is 1. The molecule has 1 aromatic heterocycles. The van der Waals surface area contributed by atoms with E-state index >= 15 is 0 Å². The third-order valence-electron chi connectivity index (χ3n) is 3.97. The molecule has 0 unspecified atom stereocenters. The zero-order valence-electron chi connectivity index (χ0n) is 12.4. The van der Waals surface area contributed by atoms with E-state index < -0.39 is 0 Å². The van der Waals surface area contributed by atoms with Crippen molar-refractivity contribution in [2.24, 2.45) is 0 Å². The topological polar surface area (TPSA) is 60.3 Å². The first-order chi connectivity index (χ1) is 10.5. The zero-order valence-corrected chi connectivity index (χ0v) is 13.1. The van der Waals surface area contributed by atoms with E-state index in [0.717, 1.165) is 13.1 Å². The number of nitrogens with zero attached hydrogens (tertiary/aromatic N) is 3. The maximum absolute atomic E-state index is 12.3. The Balaban J connectivity index is 1.83. The van der Waals surface area contributed by atoms with Crippen LogP contribution in [0.3, 0.4) is 0 Å². The Morgan fingerprint density at radius 2 is 2.05 bits per heavy atom. The standard InChI is InChI=1S/C15H17ClN4O2/c1-18-5-7-19(8-6-18)14(22)10-20-9-13(21)11-3-2-4-12(16)15(11)17-20/h2-4,9H,5-8,10H2,1H3/p+1. The van der Waals surface area contributed by atoms with Crippen LogP contribution in [0.1, 0.15) is 0 Å². The molecular formula is C15H18ClN4O2+. The molecular weight excluding hydrogens is 304 g/mol. The number of nitrogens with one attached hydrogen (secondary N) is 1. The lowest BCUT2D eigenvalue weighted by atomic mass is 10.2. The number of likely N-dealkylation sites (N-methyl/N-ethyl adjacent to an activating group) is 1. The second-order valence-electron chi connectivity index (χ2n) is 5.58. The molecule has 1 aliphatic heterocycles. The summed E-state index contributed by atoms with van der Waals surface area (Å²) in [6.07, 6.45) is 1.41. The Morgan fingerprint density at radius 1 is 1.32 bits per heavy atom.